The minimum Gasteiger partial charge on any atom is -0.491 e. The van der Waals surface area contributed by atoms with Gasteiger partial charge in [-0.1, -0.05) is 18.2 Å². The second-order valence-corrected chi connectivity index (χ2v) is 8.66. The molecule has 3 aromatic rings. The zero-order chi connectivity index (χ0) is 22.1. The van der Waals surface area contributed by atoms with Gasteiger partial charge in [0, 0.05) is 10.6 Å². The van der Waals surface area contributed by atoms with Crippen LogP contribution >= 0.6 is 11.3 Å². The number of carbonyl (C=O) groups is 2. The second kappa shape index (κ2) is 8.40. The van der Waals surface area contributed by atoms with Crippen molar-refractivity contribution in [2.24, 2.45) is 0 Å². The molecule has 4 rings (SSSR count). The van der Waals surface area contributed by atoms with Crippen LogP contribution in [0.2, 0.25) is 0 Å². The van der Waals surface area contributed by atoms with Gasteiger partial charge in [-0.05, 0) is 80.6 Å². The topological polar surface area (TPSA) is 58.6 Å². The van der Waals surface area contributed by atoms with Crippen molar-refractivity contribution in [2.45, 2.75) is 33.8 Å². The van der Waals surface area contributed by atoms with E-state index in [2.05, 4.69) is 5.32 Å². The van der Waals surface area contributed by atoms with Crippen LogP contribution in [0, 0.1) is 13.8 Å². The molecule has 6 heteroatoms. The number of hydrogen-bond donors (Lipinski definition) is 1. The van der Waals surface area contributed by atoms with Crippen LogP contribution in [0.3, 0.4) is 0 Å². The molecule has 0 fully saturated rings. The van der Waals surface area contributed by atoms with Crippen LogP contribution < -0.4 is 15.0 Å². The fraction of sp³-hybridized carbons (Fsp3) is 0.200. The first-order valence-corrected chi connectivity index (χ1v) is 11.0. The molecule has 1 N–H and O–H groups in total. The molecule has 0 bridgehead atoms. The fourth-order valence-corrected chi connectivity index (χ4v) is 4.29. The number of nitrogens with zero attached hydrogens (tertiary/aromatic N) is 1. The number of anilines is 2. The summed E-state index contributed by atoms with van der Waals surface area (Å²) in [6.45, 7) is 7.83. The molecule has 1 aliphatic rings. The number of amides is 2. The van der Waals surface area contributed by atoms with Gasteiger partial charge >= 0.3 is 0 Å². The highest BCUT2D eigenvalue weighted by Gasteiger charge is 2.41. The van der Waals surface area contributed by atoms with Crippen LogP contribution in [0.5, 0.6) is 5.75 Å². The molecule has 0 aliphatic carbocycles. The zero-order valence-corrected chi connectivity index (χ0v) is 18.7. The first kappa shape index (κ1) is 20.9. The minimum absolute atomic E-state index is 0.0760. The van der Waals surface area contributed by atoms with Crippen molar-refractivity contribution in [1.29, 1.82) is 0 Å². The quantitative estimate of drug-likeness (QED) is 0.519. The van der Waals surface area contributed by atoms with E-state index < -0.39 is 0 Å². The molecule has 158 valence electrons. The Balaban J connectivity index is 1.73. The van der Waals surface area contributed by atoms with E-state index in [-0.39, 0.29) is 23.6 Å². The number of ether oxygens (including phenoxy) is 1. The molecule has 1 aromatic heterocycles. The summed E-state index contributed by atoms with van der Waals surface area (Å²) < 4.78 is 5.69. The lowest BCUT2D eigenvalue weighted by Gasteiger charge is -2.19. The SMILES string of the molecule is Cc1cccc(N2C(=O)C(Nc3ccc(OC(C)C)cc3)=C(c3cccs3)C2=O)c1C. The summed E-state index contributed by atoms with van der Waals surface area (Å²) in [5.41, 5.74) is 3.93. The lowest BCUT2D eigenvalue weighted by atomic mass is 10.1. The fourth-order valence-electron chi connectivity index (χ4n) is 3.53. The average molecular weight is 433 g/mol. The molecule has 0 atom stereocenters. The van der Waals surface area contributed by atoms with E-state index in [0.29, 0.717) is 16.9 Å². The van der Waals surface area contributed by atoms with Gasteiger partial charge in [0.1, 0.15) is 11.4 Å². The Bertz CT molecular complexity index is 1160. The zero-order valence-electron chi connectivity index (χ0n) is 17.9. The lowest BCUT2D eigenvalue weighted by Crippen LogP contribution is -2.33. The van der Waals surface area contributed by atoms with Gasteiger partial charge in [-0.15, -0.1) is 11.3 Å². The van der Waals surface area contributed by atoms with E-state index in [9.17, 15) is 9.59 Å². The number of rotatable bonds is 6. The van der Waals surface area contributed by atoms with Crippen molar-refractivity contribution in [3.8, 4) is 5.75 Å². The first-order valence-electron chi connectivity index (χ1n) is 10.1. The van der Waals surface area contributed by atoms with E-state index in [1.807, 2.05) is 87.7 Å². The summed E-state index contributed by atoms with van der Waals surface area (Å²) in [6, 6.07) is 16.8. The largest absolute Gasteiger partial charge is 0.491 e. The molecule has 0 saturated carbocycles. The Hall–Kier alpha value is -3.38. The van der Waals surface area contributed by atoms with Crippen LogP contribution in [0.15, 0.2) is 65.7 Å². The Morgan fingerprint density at radius 3 is 2.32 bits per heavy atom. The molecule has 5 nitrogen and oxygen atoms in total. The molecular weight excluding hydrogens is 408 g/mol. The summed E-state index contributed by atoms with van der Waals surface area (Å²) >= 11 is 1.44. The smallest absolute Gasteiger partial charge is 0.282 e. The molecule has 1 aliphatic heterocycles. The van der Waals surface area contributed by atoms with E-state index in [0.717, 1.165) is 21.8 Å². The van der Waals surface area contributed by atoms with Crippen LogP contribution in [0.1, 0.15) is 29.9 Å². The maximum atomic E-state index is 13.5. The maximum Gasteiger partial charge on any atom is 0.282 e. The Labute approximate surface area is 186 Å². The number of benzene rings is 2. The van der Waals surface area contributed by atoms with Gasteiger partial charge in [-0.2, -0.15) is 0 Å². The van der Waals surface area contributed by atoms with Crippen LogP contribution in [-0.4, -0.2) is 17.9 Å². The summed E-state index contributed by atoms with van der Waals surface area (Å²) in [5.74, 6) is 0.0758. The van der Waals surface area contributed by atoms with Crippen molar-refractivity contribution in [2.75, 3.05) is 10.2 Å². The number of thiophene rings is 1. The third kappa shape index (κ3) is 3.99. The monoisotopic (exact) mass is 432 g/mol. The van der Waals surface area contributed by atoms with E-state index in [1.54, 1.807) is 0 Å². The van der Waals surface area contributed by atoms with Crippen molar-refractivity contribution in [3.05, 3.63) is 81.7 Å². The molecule has 31 heavy (non-hydrogen) atoms. The predicted molar refractivity (Wildman–Crippen MR) is 125 cm³/mol. The molecule has 0 radical (unpaired) electrons. The van der Waals surface area contributed by atoms with Gasteiger partial charge in [0.25, 0.3) is 11.8 Å². The molecule has 2 aromatic carbocycles. The van der Waals surface area contributed by atoms with Crippen LogP contribution in [-0.2, 0) is 9.59 Å². The lowest BCUT2D eigenvalue weighted by molar-refractivity contribution is -0.120. The van der Waals surface area contributed by atoms with Gasteiger partial charge in [0.2, 0.25) is 0 Å². The molecule has 0 saturated heterocycles. The molecule has 0 spiro atoms. The van der Waals surface area contributed by atoms with Crippen LogP contribution in [0.4, 0.5) is 11.4 Å². The molecular formula is C25H24N2O3S. The highest BCUT2D eigenvalue weighted by atomic mass is 32.1. The van der Waals surface area contributed by atoms with Crippen LogP contribution in [0.25, 0.3) is 5.57 Å². The maximum absolute atomic E-state index is 13.5. The van der Waals surface area contributed by atoms with Gasteiger partial charge in [-0.25, -0.2) is 4.90 Å². The standard InChI is InChI=1S/C25H24N2O3S/c1-15(2)30-19-12-10-18(11-13-19)26-23-22(21-9-6-14-31-21)24(28)27(25(23)29)20-8-5-7-16(3)17(20)4/h5-15,26H,1-4H3. The Kier molecular flexibility index (Phi) is 5.65. The third-order valence-corrected chi connectivity index (χ3v) is 6.05. The van der Waals surface area contributed by atoms with E-state index in [4.69, 9.17) is 4.74 Å². The highest BCUT2D eigenvalue weighted by molar-refractivity contribution is 7.11. The summed E-state index contributed by atoms with van der Waals surface area (Å²) in [6.07, 6.45) is 0.0760. The molecule has 0 unspecified atom stereocenters. The van der Waals surface area contributed by atoms with Crippen molar-refractivity contribution in [1.82, 2.24) is 0 Å². The van der Waals surface area contributed by atoms with Crippen molar-refractivity contribution >= 4 is 40.1 Å². The normalized spacial score (nSPS) is 14.0. The summed E-state index contributed by atoms with van der Waals surface area (Å²) in [4.78, 5) is 28.9. The molecule has 2 heterocycles. The van der Waals surface area contributed by atoms with Gasteiger partial charge in [0.15, 0.2) is 0 Å². The van der Waals surface area contributed by atoms with Crippen molar-refractivity contribution in [3.63, 3.8) is 0 Å². The molecule has 2 amide bonds. The number of nitrogens with one attached hydrogen (secondary N) is 1. The number of imide groups is 1. The van der Waals surface area contributed by atoms with Crippen molar-refractivity contribution < 1.29 is 14.3 Å². The van der Waals surface area contributed by atoms with Gasteiger partial charge < -0.3 is 10.1 Å². The summed E-state index contributed by atoms with van der Waals surface area (Å²) in [7, 11) is 0. The Morgan fingerprint density at radius 1 is 0.935 bits per heavy atom. The van der Waals surface area contributed by atoms with Gasteiger partial charge in [-0.3, -0.25) is 9.59 Å². The predicted octanol–water partition coefficient (Wildman–Crippen LogP) is 5.55. The third-order valence-electron chi connectivity index (χ3n) is 5.16. The van der Waals surface area contributed by atoms with E-state index in [1.165, 1.54) is 16.2 Å². The number of carbonyl (C=O) groups excluding carboxylic acids is 2. The first-order chi connectivity index (χ1) is 14.9. The second-order valence-electron chi connectivity index (χ2n) is 7.71. The summed E-state index contributed by atoms with van der Waals surface area (Å²) in [5, 5.41) is 5.09. The van der Waals surface area contributed by atoms with E-state index >= 15 is 0 Å². The average Bonchev–Trinajstić information content (AvgIpc) is 3.33. The number of aryl methyl sites for hydroxylation is 1. The number of hydrogen-bond acceptors (Lipinski definition) is 5. The highest BCUT2D eigenvalue weighted by Crippen LogP contribution is 2.37. The minimum atomic E-state index is -0.357. The Morgan fingerprint density at radius 2 is 1.68 bits per heavy atom. The van der Waals surface area contributed by atoms with Gasteiger partial charge in [0.05, 0.1) is 17.4 Å².